The van der Waals surface area contributed by atoms with Gasteiger partial charge in [0, 0.05) is 19.3 Å². The standard InChI is InChI=1S/C13H15N3O3/c1-18-13(17)7-10-9-16(5-6-19-10)12-3-2-4-15-11(12)8-14/h2-4,10H,5-7,9H2,1H3. The van der Waals surface area contributed by atoms with Crippen LogP contribution in [0, 0.1) is 11.3 Å². The van der Waals surface area contributed by atoms with Crippen molar-refractivity contribution in [1.82, 2.24) is 4.98 Å². The van der Waals surface area contributed by atoms with Gasteiger partial charge >= 0.3 is 5.97 Å². The average Bonchev–Trinajstić information content (AvgIpc) is 2.47. The number of rotatable bonds is 3. The Morgan fingerprint density at radius 3 is 3.32 bits per heavy atom. The van der Waals surface area contributed by atoms with Crippen molar-refractivity contribution in [3.05, 3.63) is 24.0 Å². The van der Waals surface area contributed by atoms with Gasteiger partial charge in [0.25, 0.3) is 0 Å². The molecule has 100 valence electrons. The minimum Gasteiger partial charge on any atom is -0.469 e. The molecule has 0 aliphatic carbocycles. The van der Waals surface area contributed by atoms with Gasteiger partial charge in [-0.05, 0) is 12.1 Å². The third kappa shape index (κ3) is 3.20. The van der Waals surface area contributed by atoms with Crippen molar-refractivity contribution < 1.29 is 14.3 Å². The molecule has 1 aromatic rings. The molecule has 0 bridgehead atoms. The summed E-state index contributed by atoms with van der Waals surface area (Å²) in [5.41, 5.74) is 1.17. The van der Waals surface area contributed by atoms with E-state index in [-0.39, 0.29) is 18.5 Å². The van der Waals surface area contributed by atoms with Crippen molar-refractivity contribution in [2.24, 2.45) is 0 Å². The van der Waals surface area contributed by atoms with Gasteiger partial charge in [-0.3, -0.25) is 4.79 Å². The molecule has 6 heteroatoms. The minimum absolute atomic E-state index is 0.215. The van der Waals surface area contributed by atoms with E-state index in [0.717, 1.165) is 5.69 Å². The Morgan fingerprint density at radius 1 is 1.74 bits per heavy atom. The molecule has 0 amide bonds. The molecule has 1 aromatic heterocycles. The van der Waals surface area contributed by atoms with E-state index < -0.39 is 0 Å². The lowest BCUT2D eigenvalue weighted by Crippen LogP contribution is -2.43. The van der Waals surface area contributed by atoms with Crippen LogP contribution >= 0.6 is 0 Å². The second kappa shape index (κ2) is 6.16. The highest BCUT2D eigenvalue weighted by molar-refractivity contribution is 5.70. The van der Waals surface area contributed by atoms with E-state index in [4.69, 9.17) is 10.00 Å². The zero-order valence-corrected chi connectivity index (χ0v) is 10.7. The molecule has 1 unspecified atom stereocenters. The van der Waals surface area contributed by atoms with E-state index >= 15 is 0 Å². The number of pyridine rings is 1. The second-order valence-electron chi connectivity index (χ2n) is 4.20. The number of anilines is 1. The highest BCUT2D eigenvalue weighted by atomic mass is 16.5. The molecule has 2 heterocycles. The Balaban J connectivity index is 2.09. The number of nitrogens with zero attached hydrogens (tertiary/aromatic N) is 3. The van der Waals surface area contributed by atoms with E-state index in [9.17, 15) is 4.79 Å². The lowest BCUT2D eigenvalue weighted by Gasteiger charge is -2.34. The topological polar surface area (TPSA) is 75.5 Å². The molecule has 2 rings (SSSR count). The molecule has 19 heavy (non-hydrogen) atoms. The van der Waals surface area contributed by atoms with Crippen molar-refractivity contribution >= 4 is 11.7 Å². The summed E-state index contributed by atoms with van der Waals surface area (Å²) in [6.45, 7) is 1.74. The monoisotopic (exact) mass is 261 g/mol. The summed E-state index contributed by atoms with van der Waals surface area (Å²) in [7, 11) is 1.36. The quantitative estimate of drug-likeness (QED) is 0.746. The van der Waals surface area contributed by atoms with Crippen LogP contribution in [-0.2, 0) is 14.3 Å². The van der Waals surface area contributed by atoms with Crippen LogP contribution in [-0.4, -0.2) is 43.9 Å². The fraction of sp³-hybridized carbons (Fsp3) is 0.462. The zero-order chi connectivity index (χ0) is 13.7. The third-order valence-corrected chi connectivity index (χ3v) is 2.99. The average molecular weight is 261 g/mol. The van der Waals surface area contributed by atoms with Crippen LogP contribution in [0.5, 0.6) is 0 Å². The first-order valence-electron chi connectivity index (χ1n) is 6.03. The molecule has 1 saturated heterocycles. The van der Waals surface area contributed by atoms with E-state index in [1.165, 1.54) is 7.11 Å². The Morgan fingerprint density at radius 2 is 2.58 bits per heavy atom. The van der Waals surface area contributed by atoms with Crippen LogP contribution in [0.1, 0.15) is 12.1 Å². The number of carbonyl (C=O) groups is 1. The molecule has 0 N–H and O–H groups in total. The normalized spacial score (nSPS) is 18.7. The molecule has 0 saturated carbocycles. The summed E-state index contributed by atoms with van der Waals surface area (Å²) in [6.07, 6.45) is 1.59. The molecule has 0 aromatic carbocycles. The third-order valence-electron chi connectivity index (χ3n) is 2.99. The summed E-state index contributed by atoms with van der Waals surface area (Å²) in [4.78, 5) is 17.3. The molecule has 1 aliphatic heterocycles. The fourth-order valence-electron chi connectivity index (χ4n) is 2.07. The molecule has 1 aliphatic rings. The summed E-state index contributed by atoms with van der Waals surface area (Å²) in [6, 6.07) is 5.72. The van der Waals surface area contributed by atoms with Crippen molar-refractivity contribution in [1.29, 1.82) is 5.26 Å². The van der Waals surface area contributed by atoms with Gasteiger partial charge in [-0.1, -0.05) is 0 Å². The molecule has 1 atom stereocenters. The lowest BCUT2D eigenvalue weighted by molar-refractivity contribution is -0.144. The van der Waals surface area contributed by atoms with Gasteiger partial charge in [-0.25, -0.2) is 4.98 Å². The van der Waals surface area contributed by atoms with Gasteiger partial charge in [0.15, 0.2) is 5.69 Å². The maximum Gasteiger partial charge on any atom is 0.308 e. The van der Waals surface area contributed by atoms with Gasteiger partial charge in [0.2, 0.25) is 0 Å². The number of methoxy groups -OCH3 is 1. The Bertz CT molecular complexity index is 498. The molecular weight excluding hydrogens is 246 g/mol. The second-order valence-corrected chi connectivity index (χ2v) is 4.20. The minimum atomic E-state index is -0.293. The van der Waals surface area contributed by atoms with Gasteiger partial charge in [-0.2, -0.15) is 5.26 Å². The van der Waals surface area contributed by atoms with E-state index in [1.54, 1.807) is 12.3 Å². The van der Waals surface area contributed by atoms with Crippen molar-refractivity contribution in [2.75, 3.05) is 31.7 Å². The number of aromatic nitrogens is 1. The summed E-state index contributed by atoms with van der Waals surface area (Å²) in [5, 5.41) is 9.05. The lowest BCUT2D eigenvalue weighted by atomic mass is 10.1. The molecule has 6 nitrogen and oxygen atoms in total. The van der Waals surface area contributed by atoms with E-state index in [0.29, 0.717) is 25.4 Å². The van der Waals surface area contributed by atoms with Gasteiger partial charge in [-0.15, -0.1) is 0 Å². The van der Waals surface area contributed by atoms with Gasteiger partial charge < -0.3 is 14.4 Å². The van der Waals surface area contributed by atoms with Crippen LogP contribution in [0.25, 0.3) is 0 Å². The number of nitriles is 1. The Kier molecular flexibility index (Phi) is 4.31. The van der Waals surface area contributed by atoms with Crippen molar-refractivity contribution in [3.63, 3.8) is 0 Å². The van der Waals surface area contributed by atoms with Crippen LogP contribution in [0.2, 0.25) is 0 Å². The van der Waals surface area contributed by atoms with Gasteiger partial charge in [0.05, 0.1) is 31.9 Å². The van der Waals surface area contributed by atoms with Gasteiger partial charge in [0.1, 0.15) is 6.07 Å². The van der Waals surface area contributed by atoms with Crippen LogP contribution in [0.3, 0.4) is 0 Å². The predicted octanol–water partition coefficient (Wildman–Crippen LogP) is 0.722. The van der Waals surface area contributed by atoms with E-state index in [2.05, 4.69) is 15.8 Å². The number of ether oxygens (including phenoxy) is 2. The molecular formula is C13H15N3O3. The Hall–Kier alpha value is -2.13. The van der Waals surface area contributed by atoms with Crippen LogP contribution in [0.15, 0.2) is 18.3 Å². The van der Waals surface area contributed by atoms with E-state index in [1.807, 2.05) is 11.0 Å². The number of esters is 1. The summed E-state index contributed by atoms with van der Waals surface area (Å²) < 4.78 is 10.2. The van der Waals surface area contributed by atoms with Crippen molar-refractivity contribution in [3.8, 4) is 6.07 Å². The first-order valence-corrected chi connectivity index (χ1v) is 6.03. The summed E-state index contributed by atoms with van der Waals surface area (Å²) in [5.74, 6) is -0.293. The first-order chi connectivity index (χ1) is 9.24. The number of hydrogen-bond donors (Lipinski definition) is 0. The maximum absolute atomic E-state index is 11.3. The highest BCUT2D eigenvalue weighted by Crippen LogP contribution is 2.21. The highest BCUT2D eigenvalue weighted by Gasteiger charge is 2.24. The predicted molar refractivity (Wildman–Crippen MR) is 67.5 cm³/mol. The summed E-state index contributed by atoms with van der Waals surface area (Å²) >= 11 is 0. The molecule has 1 fully saturated rings. The number of carbonyl (C=O) groups excluding carboxylic acids is 1. The zero-order valence-electron chi connectivity index (χ0n) is 10.7. The van der Waals surface area contributed by atoms with Crippen molar-refractivity contribution in [2.45, 2.75) is 12.5 Å². The Labute approximate surface area is 111 Å². The van der Waals surface area contributed by atoms with Crippen LogP contribution < -0.4 is 4.90 Å². The first kappa shape index (κ1) is 13.3. The smallest absolute Gasteiger partial charge is 0.308 e. The SMILES string of the molecule is COC(=O)CC1CN(c2cccnc2C#N)CCO1. The fourth-order valence-corrected chi connectivity index (χ4v) is 2.07. The van der Waals surface area contributed by atoms with Crippen LogP contribution in [0.4, 0.5) is 5.69 Å². The molecule has 0 spiro atoms. The maximum atomic E-state index is 11.3. The number of hydrogen-bond acceptors (Lipinski definition) is 6. The number of morpholine rings is 1. The largest absolute Gasteiger partial charge is 0.469 e. The molecule has 0 radical (unpaired) electrons.